The zero-order valence-corrected chi connectivity index (χ0v) is 5.26. The van der Waals surface area contributed by atoms with Crippen molar-refractivity contribution >= 4 is 5.97 Å². The Morgan fingerprint density at radius 1 is 1.80 bits per heavy atom. The molecule has 0 saturated carbocycles. The monoisotopic (exact) mass is 135 g/mol. The van der Waals surface area contributed by atoms with E-state index in [1.165, 1.54) is 6.07 Å². The molecule has 0 aliphatic rings. The van der Waals surface area contributed by atoms with E-state index in [0.29, 0.717) is 0 Å². The van der Waals surface area contributed by atoms with Crippen LogP contribution in [0, 0.1) is 23.7 Å². The molecule has 0 aliphatic carbocycles. The summed E-state index contributed by atoms with van der Waals surface area (Å²) in [4.78, 5) is 10.5. The summed E-state index contributed by atoms with van der Waals surface area (Å²) in [7, 11) is 0. The van der Waals surface area contributed by atoms with Crippen LogP contribution in [-0.4, -0.2) is 12.6 Å². The van der Waals surface area contributed by atoms with Gasteiger partial charge in [-0.2, -0.15) is 5.26 Å². The Hall–Kier alpha value is -1.74. The van der Waals surface area contributed by atoms with Gasteiger partial charge >= 0.3 is 5.97 Å². The van der Waals surface area contributed by atoms with E-state index in [1.54, 1.807) is 0 Å². The highest BCUT2D eigenvalue weighted by atomic mass is 16.5. The van der Waals surface area contributed by atoms with Gasteiger partial charge < -0.3 is 4.74 Å². The molecular weight excluding hydrogens is 130 g/mol. The molecule has 10 heavy (non-hydrogen) atoms. The molecule has 0 spiro atoms. The summed E-state index contributed by atoms with van der Waals surface area (Å²) in [5, 5.41) is 8.10. The van der Waals surface area contributed by atoms with Gasteiger partial charge in [-0.15, -0.1) is 6.42 Å². The lowest BCUT2D eigenvalue weighted by Gasteiger charge is -1.94. The number of hydrogen-bond donors (Lipinski definition) is 0. The normalized spacial score (nSPS) is 7.00. The SMILES string of the molecule is C#CCOC(=O)C(=C)C#N. The Kier molecular flexibility index (Phi) is 3.44. The van der Waals surface area contributed by atoms with Gasteiger partial charge in [0.2, 0.25) is 0 Å². The molecule has 0 amide bonds. The minimum absolute atomic E-state index is 0.125. The predicted molar refractivity (Wildman–Crippen MR) is 34.5 cm³/mol. The summed E-state index contributed by atoms with van der Waals surface area (Å²) in [5.74, 6) is 1.32. The number of hydrogen-bond acceptors (Lipinski definition) is 3. The average molecular weight is 135 g/mol. The van der Waals surface area contributed by atoms with Crippen molar-refractivity contribution in [2.45, 2.75) is 0 Å². The van der Waals surface area contributed by atoms with Gasteiger partial charge in [-0.1, -0.05) is 12.5 Å². The average Bonchev–Trinajstić information content (AvgIpc) is 1.98. The van der Waals surface area contributed by atoms with E-state index >= 15 is 0 Å². The van der Waals surface area contributed by atoms with Crippen LogP contribution in [0.15, 0.2) is 12.2 Å². The summed E-state index contributed by atoms with van der Waals surface area (Å²) in [6, 6.07) is 1.54. The molecule has 0 aromatic rings. The predicted octanol–water partition coefficient (Wildman–Crippen LogP) is 0.243. The summed E-state index contributed by atoms with van der Waals surface area (Å²) < 4.78 is 4.35. The molecule has 0 radical (unpaired) electrons. The van der Waals surface area contributed by atoms with Crippen LogP contribution in [0.2, 0.25) is 0 Å². The van der Waals surface area contributed by atoms with Crippen LogP contribution in [0.25, 0.3) is 0 Å². The van der Waals surface area contributed by atoms with E-state index in [9.17, 15) is 4.79 Å². The van der Waals surface area contributed by atoms with Crippen molar-refractivity contribution in [1.82, 2.24) is 0 Å². The summed E-state index contributed by atoms with van der Waals surface area (Å²) in [6.45, 7) is 3.00. The standard InChI is InChI=1S/C7H5NO2/c1-3-4-10-7(9)6(2)5-8/h1H,2,4H2. The molecule has 0 fully saturated rings. The van der Waals surface area contributed by atoms with E-state index in [2.05, 4.69) is 17.2 Å². The number of ether oxygens (including phenoxy) is 1. The maximum Gasteiger partial charge on any atom is 0.349 e. The number of rotatable bonds is 2. The number of terminal acetylenes is 1. The van der Waals surface area contributed by atoms with Crippen LogP contribution in [0.4, 0.5) is 0 Å². The van der Waals surface area contributed by atoms with Crippen molar-refractivity contribution in [3.8, 4) is 18.4 Å². The molecule has 0 heterocycles. The van der Waals surface area contributed by atoms with Crippen LogP contribution in [0.3, 0.4) is 0 Å². The second-order valence-corrected chi connectivity index (χ2v) is 1.37. The summed E-state index contributed by atoms with van der Waals surface area (Å²) >= 11 is 0. The molecule has 3 heteroatoms. The van der Waals surface area contributed by atoms with E-state index in [1.807, 2.05) is 0 Å². The molecule has 50 valence electrons. The second-order valence-electron chi connectivity index (χ2n) is 1.37. The summed E-state index contributed by atoms with van der Waals surface area (Å²) in [6.07, 6.45) is 4.78. The fraction of sp³-hybridized carbons (Fsp3) is 0.143. The highest BCUT2D eigenvalue weighted by Crippen LogP contribution is 1.90. The van der Waals surface area contributed by atoms with Gasteiger partial charge in [-0.3, -0.25) is 0 Å². The minimum Gasteiger partial charge on any atom is -0.448 e. The first-order valence-electron chi connectivity index (χ1n) is 2.42. The maximum atomic E-state index is 10.5. The Bertz CT molecular complexity index is 229. The zero-order valence-electron chi connectivity index (χ0n) is 5.26. The Morgan fingerprint density at radius 3 is 2.80 bits per heavy atom. The quantitative estimate of drug-likeness (QED) is 0.236. The summed E-state index contributed by atoms with van der Waals surface area (Å²) in [5.41, 5.74) is -0.241. The number of carbonyl (C=O) groups is 1. The van der Waals surface area contributed by atoms with Gasteiger partial charge in [-0.05, 0) is 0 Å². The molecule has 0 saturated heterocycles. The molecule has 0 unspecified atom stereocenters. The van der Waals surface area contributed by atoms with Crippen molar-refractivity contribution in [2.24, 2.45) is 0 Å². The van der Waals surface area contributed by atoms with Gasteiger partial charge in [0, 0.05) is 0 Å². The van der Waals surface area contributed by atoms with Gasteiger partial charge in [0.1, 0.15) is 11.6 Å². The molecule has 0 aromatic heterocycles. The fourth-order valence-corrected chi connectivity index (χ4v) is 0.240. The number of carbonyl (C=O) groups excluding carboxylic acids is 1. The smallest absolute Gasteiger partial charge is 0.349 e. The zero-order chi connectivity index (χ0) is 7.98. The van der Waals surface area contributed by atoms with Gasteiger partial charge in [0.25, 0.3) is 0 Å². The van der Waals surface area contributed by atoms with Crippen LogP contribution < -0.4 is 0 Å². The molecular formula is C7H5NO2. The number of nitrogens with zero attached hydrogens (tertiary/aromatic N) is 1. The third kappa shape index (κ3) is 2.54. The Labute approximate surface area is 58.9 Å². The van der Waals surface area contributed by atoms with Crippen LogP contribution >= 0.6 is 0 Å². The van der Waals surface area contributed by atoms with E-state index in [-0.39, 0.29) is 12.2 Å². The third-order valence-electron chi connectivity index (χ3n) is 0.668. The highest BCUT2D eigenvalue weighted by molar-refractivity contribution is 5.91. The number of esters is 1. The molecule has 0 N–H and O–H groups in total. The second kappa shape index (κ2) is 4.17. The van der Waals surface area contributed by atoms with Crippen LogP contribution in [0.1, 0.15) is 0 Å². The lowest BCUT2D eigenvalue weighted by Crippen LogP contribution is -2.05. The largest absolute Gasteiger partial charge is 0.448 e. The molecule has 0 aliphatic heterocycles. The van der Waals surface area contributed by atoms with Gasteiger partial charge in [0.05, 0.1) is 0 Å². The van der Waals surface area contributed by atoms with Crippen molar-refractivity contribution in [2.75, 3.05) is 6.61 Å². The lowest BCUT2D eigenvalue weighted by atomic mass is 10.3. The first-order chi connectivity index (χ1) is 4.72. The first-order valence-corrected chi connectivity index (χ1v) is 2.42. The van der Waals surface area contributed by atoms with Crippen molar-refractivity contribution in [1.29, 1.82) is 5.26 Å². The van der Waals surface area contributed by atoms with E-state index < -0.39 is 5.97 Å². The molecule has 0 aromatic carbocycles. The van der Waals surface area contributed by atoms with E-state index in [0.717, 1.165) is 0 Å². The molecule has 0 bridgehead atoms. The Balaban J connectivity index is 3.80. The first kappa shape index (κ1) is 8.26. The molecule has 0 rings (SSSR count). The van der Waals surface area contributed by atoms with Crippen LogP contribution in [-0.2, 0) is 9.53 Å². The molecule has 0 atom stereocenters. The lowest BCUT2D eigenvalue weighted by molar-refractivity contribution is -0.137. The van der Waals surface area contributed by atoms with Gasteiger partial charge in [-0.25, -0.2) is 4.79 Å². The highest BCUT2D eigenvalue weighted by Gasteiger charge is 2.04. The van der Waals surface area contributed by atoms with Crippen molar-refractivity contribution in [3.05, 3.63) is 12.2 Å². The van der Waals surface area contributed by atoms with Crippen LogP contribution in [0.5, 0.6) is 0 Å². The minimum atomic E-state index is -0.763. The number of nitriles is 1. The maximum absolute atomic E-state index is 10.5. The third-order valence-corrected chi connectivity index (χ3v) is 0.668. The van der Waals surface area contributed by atoms with Gasteiger partial charge in [0.15, 0.2) is 6.61 Å². The van der Waals surface area contributed by atoms with Crippen molar-refractivity contribution < 1.29 is 9.53 Å². The Morgan fingerprint density at radius 2 is 2.40 bits per heavy atom. The topological polar surface area (TPSA) is 50.1 Å². The van der Waals surface area contributed by atoms with Crippen molar-refractivity contribution in [3.63, 3.8) is 0 Å². The molecule has 3 nitrogen and oxygen atoms in total. The fourth-order valence-electron chi connectivity index (χ4n) is 0.240. The van der Waals surface area contributed by atoms with E-state index in [4.69, 9.17) is 11.7 Å².